The summed E-state index contributed by atoms with van der Waals surface area (Å²) in [5, 5.41) is 15.3. The Morgan fingerprint density at radius 3 is 2.79 bits per heavy atom. The highest BCUT2D eigenvalue weighted by Gasteiger charge is 2.10. The Labute approximate surface area is 115 Å². The zero-order valence-corrected chi connectivity index (χ0v) is 11.8. The number of rotatable bonds is 2. The minimum absolute atomic E-state index is 0.147. The summed E-state index contributed by atoms with van der Waals surface area (Å²) >= 11 is 1.56. The molecule has 96 valence electrons. The van der Waals surface area contributed by atoms with Crippen molar-refractivity contribution in [3.8, 4) is 6.07 Å². The molecule has 0 unspecified atom stereocenters. The van der Waals surface area contributed by atoms with E-state index in [0.29, 0.717) is 5.56 Å². The zero-order valence-electron chi connectivity index (χ0n) is 11.0. The second-order valence-corrected chi connectivity index (χ2v) is 5.18. The van der Waals surface area contributed by atoms with Crippen LogP contribution in [-0.4, -0.2) is 10.4 Å². The van der Waals surface area contributed by atoms with Gasteiger partial charge >= 0.3 is 0 Å². The fraction of sp³-hybridized carbons (Fsp3) is 0.214. The van der Waals surface area contributed by atoms with Gasteiger partial charge in [0, 0.05) is 5.69 Å². The summed E-state index contributed by atoms with van der Waals surface area (Å²) in [5.41, 5.74) is 1.94. The molecule has 0 aliphatic carbocycles. The standard InChI is InChI=1S/C14H13N3OS/c1-9-7-10(2)17(14(18)12(9)8-15)16-11(3)13-5-4-6-19-13/h4-7H,1-3H3. The van der Waals surface area contributed by atoms with Crippen LogP contribution in [0.25, 0.3) is 0 Å². The fourth-order valence-electron chi connectivity index (χ4n) is 1.83. The molecule has 19 heavy (non-hydrogen) atoms. The van der Waals surface area contributed by atoms with Crippen LogP contribution >= 0.6 is 11.3 Å². The summed E-state index contributed by atoms with van der Waals surface area (Å²) in [6, 6.07) is 7.62. The monoisotopic (exact) mass is 271 g/mol. The summed E-state index contributed by atoms with van der Waals surface area (Å²) in [7, 11) is 0. The molecule has 2 aromatic rings. The molecular formula is C14H13N3OS. The SMILES string of the molecule is CC(=Nn1c(C)cc(C)c(C#N)c1=O)c1cccs1. The molecule has 5 heteroatoms. The maximum Gasteiger partial charge on any atom is 0.289 e. The van der Waals surface area contributed by atoms with E-state index in [1.807, 2.05) is 30.5 Å². The van der Waals surface area contributed by atoms with Gasteiger partial charge in [-0.3, -0.25) is 4.79 Å². The molecule has 0 N–H and O–H groups in total. The van der Waals surface area contributed by atoms with Crippen molar-refractivity contribution >= 4 is 17.0 Å². The predicted octanol–water partition coefficient (Wildman–Crippen LogP) is 2.67. The largest absolute Gasteiger partial charge is 0.289 e. The van der Waals surface area contributed by atoms with Crippen molar-refractivity contribution in [2.24, 2.45) is 5.10 Å². The van der Waals surface area contributed by atoms with E-state index >= 15 is 0 Å². The van der Waals surface area contributed by atoms with E-state index < -0.39 is 0 Å². The lowest BCUT2D eigenvalue weighted by Gasteiger charge is -2.07. The van der Waals surface area contributed by atoms with Crippen LogP contribution in [0.15, 0.2) is 33.5 Å². The van der Waals surface area contributed by atoms with E-state index in [-0.39, 0.29) is 11.1 Å². The molecule has 0 fully saturated rings. The highest BCUT2D eigenvalue weighted by Crippen LogP contribution is 2.11. The third-order valence-corrected chi connectivity index (χ3v) is 3.78. The summed E-state index contributed by atoms with van der Waals surface area (Å²) < 4.78 is 1.29. The second-order valence-electron chi connectivity index (χ2n) is 4.24. The Kier molecular flexibility index (Phi) is 3.63. The van der Waals surface area contributed by atoms with E-state index in [2.05, 4.69) is 5.10 Å². The van der Waals surface area contributed by atoms with Crippen molar-refractivity contribution in [1.29, 1.82) is 5.26 Å². The number of aromatic nitrogens is 1. The van der Waals surface area contributed by atoms with Crippen molar-refractivity contribution in [2.45, 2.75) is 20.8 Å². The van der Waals surface area contributed by atoms with Gasteiger partial charge in [-0.2, -0.15) is 10.4 Å². The third-order valence-electron chi connectivity index (χ3n) is 2.80. The number of hydrogen-bond acceptors (Lipinski definition) is 4. The van der Waals surface area contributed by atoms with Gasteiger partial charge in [-0.25, -0.2) is 4.68 Å². The highest BCUT2D eigenvalue weighted by molar-refractivity contribution is 7.12. The quantitative estimate of drug-likeness (QED) is 0.788. The van der Waals surface area contributed by atoms with Crippen molar-refractivity contribution in [3.05, 3.63) is 55.6 Å². The average Bonchev–Trinajstić information content (AvgIpc) is 2.88. The smallest absolute Gasteiger partial charge is 0.266 e. The van der Waals surface area contributed by atoms with Crippen molar-refractivity contribution in [1.82, 2.24) is 4.68 Å². The fourth-order valence-corrected chi connectivity index (χ4v) is 2.50. The number of aryl methyl sites for hydroxylation is 2. The number of thiophene rings is 1. The number of hydrogen-bond donors (Lipinski definition) is 0. The maximum absolute atomic E-state index is 12.2. The van der Waals surface area contributed by atoms with Gasteiger partial charge in [0.1, 0.15) is 11.6 Å². The van der Waals surface area contributed by atoms with Crippen LogP contribution < -0.4 is 5.56 Å². The lowest BCUT2D eigenvalue weighted by molar-refractivity contribution is 0.782. The van der Waals surface area contributed by atoms with Crippen LogP contribution in [0, 0.1) is 25.2 Å². The van der Waals surface area contributed by atoms with E-state index in [1.165, 1.54) is 4.68 Å². The van der Waals surface area contributed by atoms with Crippen LogP contribution in [0.5, 0.6) is 0 Å². The van der Waals surface area contributed by atoms with Crippen LogP contribution in [0.3, 0.4) is 0 Å². The normalized spacial score (nSPS) is 11.4. The van der Waals surface area contributed by atoms with E-state index in [4.69, 9.17) is 5.26 Å². The Hall–Kier alpha value is -2.19. The van der Waals surface area contributed by atoms with Gasteiger partial charge in [-0.15, -0.1) is 11.3 Å². The van der Waals surface area contributed by atoms with Gasteiger partial charge < -0.3 is 0 Å². The van der Waals surface area contributed by atoms with Crippen LogP contribution in [-0.2, 0) is 0 Å². The second kappa shape index (κ2) is 5.21. The predicted molar refractivity (Wildman–Crippen MR) is 76.8 cm³/mol. The minimum Gasteiger partial charge on any atom is -0.266 e. The molecule has 2 heterocycles. The first-order valence-corrected chi connectivity index (χ1v) is 6.65. The zero-order chi connectivity index (χ0) is 14.0. The lowest BCUT2D eigenvalue weighted by Crippen LogP contribution is -2.23. The summed E-state index contributed by atoms with van der Waals surface area (Å²) in [6.07, 6.45) is 0. The molecule has 0 saturated carbocycles. The first-order chi connectivity index (χ1) is 9.04. The summed E-state index contributed by atoms with van der Waals surface area (Å²) in [6.45, 7) is 5.41. The topological polar surface area (TPSA) is 58.1 Å². The Bertz CT molecular complexity index is 733. The van der Waals surface area contributed by atoms with E-state index in [9.17, 15) is 4.79 Å². The third kappa shape index (κ3) is 2.49. The first kappa shape index (κ1) is 13.2. The first-order valence-electron chi connectivity index (χ1n) is 5.77. The van der Waals surface area contributed by atoms with Crippen LogP contribution in [0.1, 0.15) is 28.6 Å². The summed E-state index contributed by atoms with van der Waals surface area (Å²) in [5.74, 6) is 0. The molecule has 0 saturated heterocycles. The molecule has 0 aliphatic heterocycles. The Balaban J connectivity index is 2.62. The number of nitriles is 1. The summed E-state index contributed by atoms with van der Waals surface area (Å²) in [4.78, 5) is 13.2. The van der Waals surface area contributed by atoms with Gasteiger partial charge in [0.05, 0.1) is 10.6 Å². The van der Waals surface area contributed by atoms with E-state index in [0.717, 1.165) is 16.3 Å². The number of pyridine rings is 1. The molecule has 2 aromatic heterocycles. The lowest BCUT2D eigenvalue weighted by atomic mass is 10.1. The van der Waals surface area contributed by atoms with Crippen LogP contribution in [0.2, 0.25) is 0 Å². The molecule has 2 rings (SSSR count). The Morgan fingerprint density at radius 1 is 1.47 bits per heavy atom. The van der Waals surface area contributed by atoms with Crippen molar-refractivity contribution in [3.63, 3.8) is 0 Å². The van der Waals surface area contributed by atoms with Gasteiger partial charge in [0.25, 0.3) is 5.56 Å². The number of nitrogens with zero attached hydrogens (tertiary/aromatic N) is 3. The van der Waals surface area contributed by atoms with Crippen molar-refractivity contribution in [2.75, 3.05) is 0 Å². The molecule has 0 aliphatic rings. The molecule has 0 spiro atoms. The highest BCUT2D eigenvalue weighted by atomic mass is 32.1. The average molecular weight is 271 g/mol. The van der Waals surface area contributed by atoms with Gasteiger partial charge in [0.2, 0.25) is 0 Å². The molecule has 0 aromatic carbocycles. The van der Waals surface area contributed by atoms with Crippen molar-refractivity contribution < 1.29 is 0 Å². The molecule has 0 amide bonds. The van der Waals surface area contributed by atoms with Gasteiger partial charge in [-0.05, 0) is 43.8 Å². The van der Waals surface area contributed by atoms with Gasteiger partial charge in [-0.1, -0.05) is 6.07 Å². The molecule has 0 bridgehead atoms. The maximum atomic E-state index is 12.2. The Morgan fingerprint density at radius 2 is 2.21 bits per heavy atom. The molecular weight excluding hydrogens is 258 g/mol. The van der Waals surface area contributed by atoms with Gasteiger partial charge in [0.15, 0.2) is 0 Å². The molecule has 0 radical (unpaired) electrons. The molecule has 0 atom stereocenters. The van der Waals surface area contributed by atoms with Crippen LogP contribution in [0.4, 0.5) is 0 Å². The minimum atomic E-state index is -0.365. The van der Waals surface area contributed by atoms with E-state index in [1.54, 1.807) is 31.3 Å². The molecule has 4 nitrogen and oxygen atoms in total.